The minimum absolute atomic E-state index is 0.00750. The van der Waals surface area contributed by atoms with E-state index in [2.05, 4.69) is 16.2 Å². The highest BCUT2D eigenvalue weighted by molar-refractivity contribution is 5.15. The van der Waals surface area contributed by atoms with Crippen molar-refractivity contribution < 1.29 is 0 Å². The van der Waals surface area contributed by atoms with Gasteiger partial charge in [0.05, 0.1) is 6.04 Å². The fourth-order valence-corrected chi connectivity index (χ4v) is 3.47. The predicted molar refractivity (Wildman–Crippen MR) is 66.6 cm³/mol. The Labute approximate surface area is 98.7 Å². The maximum atomic E-state index is 5.64. The van der Waals surface area contributed by atoms with Crippen LogP contribution in [0.2, 0.25) is 0 Å². The molecule has 1 saturated carbocycles. The molecule has 1 aliphatic heterocycles. The van der Waals surface area contributed by atoms with Crippen molar-refractivity contribution in [1.29, 1.82) is 0 Å². The van der Waals surface area contributed by atoms with Crippen LogP contribution in [0.1, 0.15) is 44.9 Å². The number of nitrogens with one attached hydrogen (secondary N) is 1. The van der Waals surface area contributed by atoms with Crippen molar-refractivity contribution in [2.75, 3.05) is 13.1 Å². The van der Waals surface area contributed by atoms with Crippen LogP contribution in [-0.4, -0.2) is 29.6 Å². The van der Waals surface area contributed by atoms with Crippen LogP contribution in [0.15, 0.2) is 0 Å². The third-order valence-electron chi connectivity index (χ3n) is 4.33. The largest absolute Gasteiger partial charge is 0.295 e. The number of nitrogens with zero attached hydrogens (tertiary/aromatic N) is 1. The Morgan fingerprint density at radius 2 is 1.75 bits per heavy atom. The number of hydrogen-bond acceptors (Lipinski definition) is 3. The molecule has 90 valence electrons. The van der Waals surface area contributed by atoms with Crippen LogP contribution >= 0.6 is 0 Å². The minimum Gasteiger partial charge on any atom is -0.295 e. The van der Waals surface area contributed by atoms with Gasteiger partial charge in [-0.3, -0.25) is 10.7 Å². The lowest BCUT2D eigenvalue weighted by Gasteiger charge is -2.46. The summed E-state index contributed by atoms with van der Waals surface area (Å²) < 4.78 is 0. The Morgan fingerprint density at radius 3 is 2.25 bits per heavy atom. The molecule has 1 atom stereocenters. The van der Waals surface area contributed by atoms with Crippen LogP contribution < -0.4 is 11.3 Å². The smallest absolute Gasteiger partial charge is 0.0997 e. The molecule has 16 heavy (non-hydrogen) atoms. The van der Waals surface area contributed by atoms with Crippen LogP contribution in [0, 0.1) is 12.3 Å². The number of hydrazine groups is 1. The van der Waals surface area contributed by atoms with Crippen molar-refractivity contribution in [3.05, 3.63) is 0 Å². The molecular weight excluding hydrogens is 198 g/mol. The van der Waals surface area contributed by atoms with Crippen LogP contribution in [-0.2, 0) is 0 Å². The van der Waals surface area contributed by atoms with Crippen molar-refractivity contribution in [2.24, 2.45) is 5.84 Å². The van der Waals surface area contributed by atoms with E-state index in [9.17, 15) is 0 Å². The molecule has 0 bridgehead atoms. The molecule has 2 aliphatic rings. The van der Waals surface area contributed by atoms with Gasteiger partial charge < -0.3 is 0 Å². The lowest BCUT2D eigenvalue weighted by Crippen LogP contribution is -2.61. The molecule has 0 spiro atoms. The number of likely N-dealkylation sites (tertiary alicyclic amines) is 1. The Kier molecular flexibility index (Phi) is 3.86. The standard InChI is InChI=1S/C13H23N3/c1-2-12(15-14)13(8-4-5-9-13)16-10-6-3-7-11-16/h1,12,15H,3-11,14H2. The molecule has 2 fully saturated rings. The normalized spacial score (nSPS) is 27.5. The van der Waals surface area contributed by atoms with Gasteiger partial charge in [-0.2, -0.15) is 0 Å². The Hall–Kier alpha value is -0.560. The number of rotatable bonds is 3. The zero-order chi connectivity index (χ0) is 11.4. The van der Waals surface area contributed by atoms with E-state index in [4.69, 9.17) is 12.3 Å². The molecule has 0 aromatic heterocycles. The molecule has 2 rings (SSSR count). The fourth-order valence-electron chi connectivity index (χ4n) is 3.47. The lowest BCUT2D eigenvalue weighted by molar-refractivity contribution is 0.0526. The number of nitrogens with two attached hydrogens (primary N) is 1. The van der Waals surface area contributed by atoms with Gasteiger partial charge in [0.25, 0.3) is 0 Å². The molecule has 0 amide bonds. The van der Waals surface area contributed by atoms with E-state index in [1.54, 1.807) is 0 Å². The summed E-state index contributed by atoms with van der Waals surface area (Å²) in [6.07, 6.45) is 14.6. The monoisotopic (exact) mass is 221 g/mol. The van der Waals surface area contributed by atoms with Gasteiger partial charge in [0.2, 0.25) is 0 Å². The summed E-state index contributed by atoms with van der Waals surface area (Å²) in [5, 5.41) is 0. The van der Waals surface area contributed by atoms with E-state index in [-0.39, 0.29) is 11.6 Å². The van der Waals surface area contributed by atoms with Gasteiger partial charge in [-0.15, -0.1) is 6.42 Å². The molecule has 1 heterocycles. The second-order valence-electron chi connectivity index (χ2n) is 5.12. The van der Waals surface area contributed by atoms with E-state index in [0.29, 0.717) is 0 Å². The first-order chi connectivity index (χ1) is 7.83. The van der Waals surface area contributed by atoms with E-state index in [0.717, 1.165) is 0 Å². The maximum absolute atomic E-state index is 5.64. The molecule has 3 heteroatoms. The molecule has 1 unspecified atom stereocenters. The predicted octanol–water partition coefficient (Wildman–Crippen LogP) is 1.25. The number of terminal acetylenes is 1. The molecule has 0 aromatic rings. The number of piperidine rings is 1. The number of hydrogen-bond donors (Lipinski definition) is 2. The van der Waals surface area contributed by atoms with Gasteiger partial charge in [0.15, 0.2) is 0 Å². The van der Waals surface area contributed by atoms with Crippen molar-refractivity contribution in [3.63, 3.8) is 0 Å². The summed E-state index contributed by atoms with van der Waals surface area (Å²) >= 11 is 0. The van der Waals surface area contributed by atoms with E-state index in [1.807, 2.05) is 0 Å². The second-order valence-corrected chi connectivity index (χ2v) is 5.12. The molecule has 3 nitrogen and oxygen atoms in total. The topological polar surface area (TPSA) is 41.3 Å². The van der Waals surface area contributed by atoms with Gasteiger partial charge in [-0.25, -0.2) is 5.43 Å². The zero-order valence-electron chi connectivity index (χ0n) is 10.0. The van der Waals surface area contributed by atoms with E-state index < -0.39 is 0 Å². The van der Waals surface area contributed by atoms with Crippen LogP contribution in [0.5, 0.6) is 0 Å². The van der Waals surface area contributed by atoms with Crippen molar-refractivity contribution in [2.45, 2.75) is 56.5 Å². The average Bonchev–Trinajstić information content (AvgIpc) is 2.82. The van der Waals surface area contributed by atoms with Crippen molar-refractivity contribution >= 4 is 0 Å². The summed E-state index contributed by atoms with van der Waals surface area (Å²) in [6, 6.07) is 0.00750. The highest BCUT2D eigenvalue weighted by Crippen LogP contribution is 2.39. The summed E-state index contributed by atoms with van der Waals surface area (Å²) in [5.74, 6) is 8.49. The quantitative estimate of drug-likeness (QED) is 0.428. The van der Waals surface area contributed by atoms with Gasteiger partial charge in [-0.05, 0) is 38.8 Å². The Balaban J connectivity index is 2.17. The van der Waals surface area contributed by atoms with Gasteiger partial charge in [-0.1, -0.05) is 25.2 Å². The third-order valence-corrected chi connectivity index (χ3v) is 4.33. The van der Waals surface area contributed by atoms with Gasteiger partial charge in [0, 0.05) is 5.54 Å². The first-order valence-electron chi connectivity index (χ1n) is 6.51. The molecule has 0 radical (unpaired) electrons. The van der Waals surface area contributed by atoms with Crippen molar-refractivity contribution in [1.82, 2.24) is 10.3 Å². The summed E-state index contributed by atoms with van der Waals surface area (Å²) in [6.45, 7) is 2.39. The van der Waals surface area contributed by atoms with Crippen LogP contribution in [0.25, 0.3) is 0 Å². The molecule has 0 aromatic carbocycles. The summed E-state index contributed by atoms with van der Waals surface area (Å²) in [7, 11) is 0. The highest BCUT2D eigenvalue weighted by atomic mass is 15.3. The lowest BCUT2D eigenvalue weighted by atomic mass is 9.85. The Morgan fingerprint density at radius 1 is 1.12 bits per heavy atom. The fraction of sp³-hybridized carbons (Fsp3) is 0.846. The molecule has 3 N–H and O–H groups in total. The Bertz CT molecular complexity index is 257. The first kappa shape index (κ1) is 11.9. The van der Waals surface area contributed by atoms with Crippen LogP contribution in [0.4, 0.5) is 0 Å². The molecule has 1 saturated heterocycles. The van der Waals surface area contributed by atoms with Gasteiger partial charge >= 0.3 is 0 Å². The maximum Gasteiger partial charge on any atom is 0.0997 e. The van der Waals surface area contributed by atoms with Crippen molar-refractivity contribution in [3.8, 4) is 12.3 Å². The molecular formula is C13H23N3. The second kappa shape index (κ2) is 5.18. The highest BCUT2D eigenvalue weighted by Gasteiger charge is 2.45. The first-order valence-corrected chi connectivity index (χ1v) is 6.51. The third kappa shape index (κ3) is 1.98. The molecule has 1 aliphatic carbocycles. The SMILES string of the molecule is C#CC(NN)C1(N2CCCCC2)CCCC1. The van der Waals surface area contributed by atoms with Crippen LogP contribution in [0.3, 0.4) is 0 Å². The summed E-state index contributed by atoms with van der Waals surface area (Å²) in [5.41, 5.74) is 3.00. The van der Waals surface area contributed by atoms with Gasteiger partial charge in [0.1, 0.15) is 0 Å². The van der Waals surface area contributed by atoms with E-state index >= 15 is 0 Å². The minimum atomic E-state index is 0.00750. The zero-order valence-corrected chi connectivity index (χ0v) is 10.0. The average molecular weight is 221 g/mol. The summed E-state index contributed by atoms with van der Waals surface area (Å²) in [4.78, 5) is 2.61. The van der Waals surface area contributed by atoms with E-state index in [1.165, 1.54) is 58.0 Å².